The first kappa shape index (κ1) is 13.5. The number of rotatable bonds is 3. The van der Waals surface area contributed by atoms with Crippen LogP contribution in [0.25, 0.3) is 0 Å². The second-order valence-corrected chi connectivity index (χ2v) is 4.55. The summed E-state index contributed by atoms with van der Waals surface area (Å²) in [6.45, 7) is 1.87. The van der Waals surface area contributed by atoms with E-state index in [1.54, 1.807) is 18.2 Å². The van der Waals surface area contributed by atoms with Gasteiger partial charge >= 0.3 is 6.18 Å². The molecule has 0 aliphatic rings. The first-order chi connectivity index (χ1) is 7.29. The van der Waals surface area contributed by atoms with Gasteiger partial charge in [-0.25, -0.2) is 0 Å². The van der Waals surface area contributed by atoms with E-state index in [1.165, 1.54) is 0 Å². The zero-order chi connectivity index (χ0) is 12.3. The van der Waals surface area contributed by atoms with E-state index < -0.39 is 18.7 Å². The molecule has 0 saturated carbocycles. The number of alkyl halides is 3. The number of halogens is 4. The summed E-state index contributed by atoms with van der Waals surface area (Å²) in [5.41, 5.74) is 1.48. The quantitative estimate of drug-likeness (QED) is 0.889. The molecular weight excluding hydrogens is 285 g/mol. The average Bonchev–Trinajstić information content (AvgIpc) is 2.13. The number of aliphatic hydroxyl groups is 1. The van der Waals surface area contributed by atoms with E-state index in [-0.39, 0.29) is 6.42 Å². The Morgan fingerprint density at radius 1 is 1.38 bits per heavy atom. The molecule has 90 valence electrons. The molecule has 0 amide bonds. The third kappa shape index (κ3) is 4.14. The van der Waals surface area contributed by atoms with Gasteiger partial charge in [-0.3, -0.25) is 0 Å². The Morgan fingerprint density at radius 2 is 2.00 bits per heavy atom. The molecule has 16 heavy (non-hydrogen) atoms. The fraction of sp³-hybridized carbons (Fsp3) is 0.455. The fourth-order valence-corrected chi connectivity index (χ4v) is 2.12. The summed E-state index contributed by atoms with van der Waals surface area (Å²) in [5.74, 6) is 0. The van der Waals surface area contributed by atoms with Crippen LogP contribution in [0, 0.1) is 6.92 Å². The van der Waals surface area contributed by atoms with Crippen LogP contribution in [0.4, 0.5) is 13.2 Å². The molecule has 0 aromatic heterocycles. The molecular formula is C11H12BrF3O. The molecule has 1 aromatic rings. The van der Waals surface area contributed by atoms with Crippen molar-refractivity contribution in [2.45, 2.75) is 32.0 Å². The Balaban J connectivity index is 2.70. The summed E-state index contributed by atoms with van der Waals surface area (Å²) in [7, 11) is 0. The molecule has 1 atom stereocenters. The van der Waals surface area contributed by atoms with E-state index >= 15 is 0 Å². The Morgan fingerprint density at radius 3 is 2.50 bits per heavy atom. The van der Waals surface area contributed by atoms with Crippen molar-refractivity contribution in [3.05, 3.63) is 33.8 Å². The van der Waals surface area contributed by atoms with Gasteiger partial charge in [0, 0.05) is 10.9 Å². The first-order valence-corrected chi connectivity index (χ1v) is 5.60. The summed E-state index contributed by atoms with van der Waals surface area (Å²) < 4.78 is 36.6. The highest BCUT2D eigenvalue weighted by atomic mass is 79.9. The monoisotopic (exact) mass is 296 g/mol. The molecule has 1 unspecified atom stereocenters. The molecule has 1 N–H and O–H groups in total. The van der Waals surface area contributed by atoms with Crippen molar-refractivity contribution in [2.75, 3.05) is 0 Å². The van der Waals surface area contributed by atoms with Crippen LogP contribution in [0.2, 0.25) is 0 Å². The van der Waals surface area contributed by atoms with E-state index in [2.05, 4.69) is 15.9 Å². The van der Waals surface area contributed by atoms with Crippen LogP contribution in [0.5, 0.6) is 0 Å². The van der Waals surface area contributed by atoms with Crippen molar-refractivity contribution in [3.8, 4) is 0 Å². The normalized spacial score (nSPS) is 13.9. The van der Waals surface area contributed by atoms with Crippen LogP contribution in [0.15, 0.2) is 22.7 Å². The molecule has 1 nitrogen and oxygen atoms in total. The lowest BCUT2D eigenvalue weighted by Gasteiger charge is -2.14. The zero-order valence-corrected chi connectivity index (χ0v) is 10.3. The number of benzene rings is 1. The fourth-order valence-electron chi connectivity index (χ4n) is 1.36. The zero-order valence-electron chi connectivity index (χ0n) is 8.68. The molecule has 0 aliphatic heterocycles. The topological polar surface area (TPSA) is 20.2 Å². The predicted molar refractivity (Wildman–Crippen MR) is 59.1 cm³/mol. The van der Waals surface area contributed by atoms with Gasteiger partial charge in [0.2, 0.25) is 0 Å². The second kappa shape index (κ2) is 5.19. The molecule has 0 spiro atoms. The highest BCUT2D eigenvalue weighted by molar-refractivity contribution is 9.10. The summed E-state index contributed by atoms with van der Waals surface area (Å²) in [4.78, 5) is 0. The van der Waals surface area contributed by atoms with Crippen molar-refractivity contribution in [3.63, 3.8) is 0 Å². The third-order valence-electron chi connectivity index (χ3n) is 2.22. The van der Waals surface area contributed by atoms with Gasteiger partial charge in [-0.2, -0.15) is 13.2 Å². The highest BCUT2D eigenvalue weighted by Crippen LogP contribution is 2.31. The summed E-state index contributed by atoms with van der Waals surface area (Å²) in [6, 6.07) is 5.17. The summed E-state index contributed by atoms with van der Waals surface area (Å²) >= 11 is 3.23. The van der Waals surface area contributed by atoms with Gasteiger partial charge in [0.15, 0.2) is 0 Å². The predicted octanol–water partition coefficient (Wildman–Crippen LogP) is 4.13. The Kier molecular flexibility index (Phi) is 4.38. The van der Waals surface area contributed by atoms with Crippen molar-refractivity contribution in [1.29, 1.82) is 0 Å². The van der Waals surface area contributed by atoms with Crippen molar-refractivity contribution < 1.29 is 18.3 Å². The van der Waals surface area contributed by atoms with Crippen LogP contribution in [0.3, 0.4) is 0 Å². The van der Waals surface area contributed by atoms with Gasteiger partial charge in [-0.05, 0) is 30.5 Å². The molecule has 0 aliphatic carbocycles. The molecule has 0 bridgehead atoms. The molecule has 0 heterocycles. The van der Waals surface area contributed by atoms with E-state index in [4.69, 9.17) is 0 Å². The maximum Gasteiger partial charge on any atom is 0.389 e. The number of aliphatic hydroxyl groups excluding tert-OH is 1. The van der Waals surface area contributed by atoms with Crippen molar-refractivity contribution in [2.24, 2.45) is 0 Å². The summed E-state index contributed by atoms with van der Waals surface area (Å²) in [6.07, 6.45) is -6.60. The van der Waals surface area contributed by atoms with Crippen molar-refractivity contribution >= 4 is 15.9 Å². The van der Waals surface area contributed by atoms with Gasteiger partial charge in [0.05, 0.1) is 6.10 Å². The molecule has 1 rings (SSSR count). The standard InChI is InChI=1S/C11H12BrF3O/c1-7-2-3-8(9(12)6-7)10(16)4-5-11(13,14)15/h2-3,6,10,16H,4-5H2,1H3. The average molecular weight is 297 g/mol. The SMILES string of the molecule is Cc1ccc(C(O)CCC(F)(F)F)c(Br)c1. The minimum absolute atomic E-state index is 0.314. The van der Waals surface area contributed by atoms with Crippen LogP contribution in [-0.2, 0) is 0 Å². The van der Waals surface area contributed by atoms with Crippen molar-refractivity contribution in [1.82, 2.24) is 0 Å². The summed E-state index contributed by atoms with van der Waals surface area (Å²) in [5, 5.41) is 9.63. The minimum atomic E-state index is -4.22. The van der Waals surface area contributed by atoms with Crippen LogP contribution < -0.4 is 0 Å². The number of hydrogen-bond acceptors (Lipinski definition) is 1. The Labute approximate surface area is 100 Å². The Bertz CT molecular complexity index is 363. The highest BCUT2D eigenvalue weighted by Gasteiger charge is 2.28. The molecule has 0 saturated heterocycles. The van der Waals surface area contributed by atoms with Gasteiger partial charge in [-0.15, -0.1) is 0 Å². The molecule has 1 aromatic carbocycles. The first-order valence-electron chi connectivity index (χ1n) is 4.80. The smallest absolute Gasteiger partial charge is 0.388 e. The maximum absolute atomic E-state index is 12.0. The lowest BCUT2D eigenvalue weighted by atomic mass is 10.0. The molecule has 5 heteroatoms. The van der Waals surface area contributed by atoms with E-state index in [0.717, 1.165) is 5.56 Å². The van der Waals surface area contributed by atoms with Crippen LogP contribution in [-0.4, -0.2) is 11.3 Å². The molecule has 0 radical (unpaired) electrons. The lowest BCUT2D eigenvalue weighted by molar-refractivity contribution is -0.140. The van der Waals surface area contributed by atoms with Gasteiger partial charge < -0.3 is 5.11 Å². The second-order valence-electron chi connectivity index (χ2n) is 3.69. The van der Waals surface area contributed by atoms with E-state index in [0.29, 0.717) is 10.0 Å². The number of aryl methyl sites for hydroxylation is 1. The van der Waals surface area contributed by atoms with Crippen LogP contribution >= 0.6 is 15.9 Å². The van der Waals surface area contributed by atoms with Gasteiger partial charge in [0.25, 0.3) is 0 Å². The van der Waals surface area contributed by atoms with Gasteiger partial charge in [-0.1, -0.05) is 28.1 Å². The largest absolute Gasteiger partial charge is 0.389 e. The maximum atomic E-state index is 12.0. The number of hydrogen-bond donors (Lipinski definition) is 1. The Hall–Kier alpha value is -0.550. The lowest BCUT2D eigenvalue weighted by Crippen LogP contribution is -2.10. The van der Waals surface area contributed by atoms with E-state index in [9.17, 15) is 18.3 Å². The molecule has 0 fully saturated rings. The van der Waals surface area contributed by atoms with Gasteiger partial charge in [0.1, 0.15) is 0 Å². The van der Waals surface area contributed by atoms with Crippen LogP contribution in [0.1, 0.15) is 30.1 Å². The minimum Gasteiger partial charge on any atom is -0.388 e. The van der Waals surface area contributed by atoms with E-state index in [1.807, 2.05) is 6.92 Å². The third-order valence-corrected chi connectivity index (χ3v) is 2.90.